The van der Waals surface area contributed by atoms with Crippen LogP contribution in [0.2, 0.25) is 5.02 Å². The number of rotatable bonds is 4. The molecular formula is C12H15ClN2O4. The molecule has 0 radical (unpaired) electrons. The van der Waals surface area contributed by atoms with Crippen molar-refractivity contribution in [3.05, 3.63) is 33.3 Å². The molecule has 0 spiro atoms. The van der Waals surface area contributed by atoms with Crippen molar-refractivity contribution >= 4 is 23.0 Å². The van der Waals surface area contributed by atoms with E-state index in [0.717, 1.165) is 0 Å². The van der Waals surface area contributed by atoms with E-state index in [9.17, 15) is 15.2 Å². The summed E-state index contributed by atoms with van der Waals surface area (Å²) in [5.74, 6) is 0. The molecule has 0 aromatic heterocycles. The summed E-state index contributed by atoms with van der Waals surface area (Å²) in [5.41, 5.74) is -0.622. The van der Waals surface area contributed by atoms with Crippen molar-refractivity contribution in [2.24, 2.45) is 0 Å². The first kappa shape index (κ1) is 14.0. The Hall–Kier alpha value is -1.37. The summed E-state index contributed by atoms with van der Waals surface area (Å²) < 4.78 is 5.18. The first-order valence-corrected chi connectivity index (χ1v) is 6.36. The Labute approximate surface area is 115 Å². The van der Waals surface area contributed by atoms with E-state index >= 15 is 0 Å². The molecule has 1 aliphatic heterocycles. The van der Waals surface area contributed by atoms with Gasteiger partial charge in [-0.2, -0.15) is 0 Å². The van der Waals surface area contributed by atoms with E-state index in [0.29, 0.717) is 36.8 Å². The van der Waals surface area contributed by atoms with E-state index in [1.807, 2.05) is 0 Å². The normalized spacial score (nSPS) is 18.0. The highest BCUT2D eigenvalue weighted by molar-refractivity contribution is 6.30. The average Bonchev–Trinajstić information content (AvgIpc) is 2.38. The minimum atomic E-state index is -0.883. The maximum absolute atomic E-state index is 10.9. The summed E-state index contributed by atoms with van der Waals surface area (Å²) in [6, 6.07) is 4.41. The Bertz CT molecular complexity index is 475. The molecule has 1 aliphatic rings. The third-order valence-corrected chi connectivity index (χ3v) is 3.42. The minimum absolute atomic E-state index is 0.0943. The topological polar surface area (TPSA) is 84.6 Å². The number of halogens is 1. The largest absolute Gasteiger partial charge is 0.388 e. The molecule has 0 unspecified atom stereocenters. The first-order chi connectivity index (χ1) is 9.00. The molecule has 19 heavy (non-hydrogen) atoms. The van der Waals surface area contributed by atoms with Gasteiger partial charge in [-0.3, -0.25) is 10.1 Å². The summed E-state index contributed by atoms with van der Waals surface area (Å²) in [6.45, 7) is 1.25. The van der Waals surface area contributed by atoms with Gasteiger partial charge in [-0.05, 0) is 12.1 Å². The number of nitrogens with zero attached hydrogens (tertiary/aromatic N) is 1. The average molecular weight is 287 g/mol. The van der Waals surface area contributed by atoms with Crippen LogP contribution in [0.5, 0.6) is 0 Å². The van der Waals surface area contributed by atoms with E-state index in [1.165, 1.54) is 6.07 Å². The second kappa shape index (κ2) is 5.73. The van der Waals surface area contributed by atoms with Crippen molar-refractivity contribution in [1.29, 1.82) is 0 Å². The fraction of sp³-hybridized carbons (Fsp3) is 0.500. The fourth-order valence-electron chi connectivity index (χ4n) is 1.99. The van der Waals surface area contributed by atoms with Gasteiger partial charge in [0.2, 0.25) is 0 Å². The zero-order chi connectivity index (χ0) is 13.9. The Kier molecular flexibility index (Phi) is 4.24. The van der Waals surface area contributed by atoms with Crippen LogP contribution in [0.25, 0.3) is 0 Å². The highest BCUT2D eigenvalue weighted by Crippen LogP contribution is 2.29. The van der Waals surface area contributed by atoms with Crippen LogP contribution in [0.3, 0.4) is 0 Å². The molecule has 0 atom stereocenters. The zero-order valence-corrected chi connectivity index (χ0v) is 11.0. The van der Waals surface area contributed by atoms with Crippen molar-refractivity contribution in [3.63, 3.8) is 0 Å². The SMILES string of the molecule is O=[N+]([O-])c1cc(Cl)ccc1NCC1(O)CCOCC1. The van der Waals surface area contributed by atoms with Crippen LogP contribution in [-0.2, 0) is 4.74 Å². The Morgan fingerprint density at radius 3 is 2.79 bits per heavy atom. The number of nitrogens with one attached hydrogen (secondary N) is 1. The Morgan fingerprint density at radius 2 is 2.16 bits per heavy atom. The quantitative estimate of drug-likeness (QED) is 0.655. The predicted octanol–water partition coefficient (Wildman–Crippen LogP) is 2.20. The van der Waals surface area contributed by atoms with Gasteiger partial charge in [0.1, 0.15) is 5.69 Å². The molecule has 0 bridgehead atoms. The van der Waals surface area contributed by atoms with E-state index in [4.69, 9.17) is 16.3 Å². The number of ether oxygens (including phenoxy) is 1. The molecule has 104 valence electrons. The molecule has 1 saturated heterocycles. The summed E-state index contributed by atoms with van der Waals surface area (Å²) in [6.07, 6.45) is 1.03. The summed E-state index contributed by atoms with van der Waals surface area (Å²) in [7, 11) is 0. The van der Waals surface area contributed by atoms with Gasteiger partial charge in [0.25, 0.3) is 5.69 Å². The molecule has 0 aliphatic carbocycles. The highest BCUT2D eigenvalue weighted by Gasteiger charge is 2.30. The van der Waals surface area contributed by atoms with Gasteiger partial charge in [-0.15, -0.1) is 0 Å². The van der Waals surface area contributed by atoms with Crippen LogP contribution in [0.15, 0.2) is 18.2 Å². The number of hydrogen-bond acceptors (Lipinski definition) is 5. The second-order valence-corrected chi connectivity index (χ2v) is 5.05. The first-order valence-electron chi connectivity index (χ1n) is 5.98. The van der Waals surface area contributed by atoms with Crippen LogP contribution in [0.1, 0.15) is 12.8 Å². The molecular weight excluding hydrogens is 272 g/mol. The zero-order valence-electron chi connectivity index (χ0n) is 10.3. The third-order valence-electron chi connectivity index (χ3n) is 3.19. The van der Waals surface area contributed by atoms with Gasteiger partial charge in [-0.25, -0.2) is 0 Å². The maximum Gasteiger partial charge on any atom is 0.293 e. The lowest BCUT2D eigenvalue weighted by atomic mass is 9.94. The predicted molar refractivity (Wildman–Crippen MR) is 71.6 cm³/mol. The van der Waals surface area contributed by atoms with Crippen LogP contribution < -0.4 is 5.32 Å². The molecule has 1 fully saturated rings. The summed E-state index contributed by atoms with van der Waals surface area (Å²) in [5, 5.41) is 24.4. The fourth-order valence-corrected chi connectivity index (χ4v) is 2.16. The standard InChI is InChI=1S/C12H15ClN2O4/c13-9-1-2-10(11(7-9)15(17)18)14-8-12(16)3-5-19-6-4-12/h1-2,7,14,16H,3-6,8H2. The molecule has 7 heteroatoms. The van der Waals surface area contributed by atoms with Gasteiger partial charge >= 0.3 is 0 Å². The maximum atomic E-state index is 10.9. The molecule has 1 aromatic rings. The van der Waals surface area contributed by atoms with E-state index in [2.05, 4.69) is 5.32 Å². The van der Waals surface area contributed by atoms with Gasteiger partial charge in [0.15, 0.2) is 0 Å². The van der Waals surface area contributed by atoms with Crippen molar-refractivity contribution in [1.82, 2.24) is 0 Å². The molecule has 6 nitrogen and oxygen atoms in total. The molecule has 2 N–H and O–H groups in total. The van der Waals surface area contributed by atoms with E-state index in [1.54, 1.807) is 12.1 Å². The number of benzene rings is 1. The van der Waals surface area contributed by atoms with Crippen molar-refractivity contribution < 1.29 is 14.8 Å². The minimum Gasteiger partial charge on any atom is -0.388 e. The van der Waals surface area contributed by atoms with Gasteiger partial charge in [-0.1, -0.05) is 11.6 Å². The van der Waals surface area contributed by atoms with Crippen molar-refractivity contribution in [2.75, 3.05) is 25.1 Å². The van der Waals surface area contributed by atoms with E-state index in [-0.39, 0.29) is 12.2 Å². The lowest BCUT2D eigenvalue weighted by Crippen LogP contribution is -2.42. The lowest BCUT2D eigenvalue weighted by molar-refractivity contribution is -0.384. The highest BCUT2D eigenvalue weighted by atomic mass is 35.5. The number of hydrogen-bond donors (Lipinski definition) is 2. The number of aliphatic hydroxyl groups is 1. The second-order valence-electron chi connectivity index (χ2n) is 4.61. The molecule has 0 saturated carbocycles. The molecule has 1 aromatic carbocycles. The molecule has 1 heterocycles. The smallest absolute Gasteiger partial charge is 0.293 e. The lowest BCUT2D eigenvalue weighted by Gasteiger charge is -2.32. The molecule has 2 rings (SSSR count). The van der Waals surface area contributed by atoms with Gasteiger partial charge in [0.05, 0.1) is 10.5 Å². The van der Waals surface area contributed by atoms with Crippen molar-refractivity contribution in [3.8, 4) is 0 Å². The molecule has 0 amide bonds. The number of nitro benzene ring substituents is 1. The summed E-state index contributed by atoms with van der Waals surface area (Å²) >= 11 is 5.74. The Balaban J connectivity index is 2.08. The van der Waals surface area contributed by atoms with Crippen LogP contribution >= 0.6 is 11.6 Å². The number of nitro groups is 1. The summed E-state index contributed by atoms with van der Waals surface area (Å²) in [4.78, 5) is 10.4. The van der Waals surface area contributed by atoms with E-state index < -0.39 is 10.5 Å². The van der Waals surface area contributed by atoms with Crippen LogP contribution in [0, 0.1) is 10.1 Å². The van der Waals surface area contributed by atoms with Gasteiger partial charge in [0, 0.05) is 43.7 Å². The number of anilines is 1. The van der Waals surface area contributed by atoms with Crippen molar-refractivity contribution in [2.45, 2.75) is 18.4 Å². The van der Waals surface area contributed by atoms with Gasteiger partial charge < -0.3 is 15.2 Å². The van der Waals surface area contributed by atoms with Crippen LogP contribution in [0.4, 0.5) is 11.4 Å². The third kappa shape index (κ3) is 3.56. The van der Waals surface area contributed by atoms with Crippen LogP contribution in [-0.4, -0.2) is 35.4 Å². The Morgan fingerprint density at radius 1 is 1.47 bits per heavy atom. The monoisotopic (exact) mass is 286 g/mol.